The van der Waals surface area contributed by atoms with Gasteiger partial charge in [-0.3, -0.25) is 0 Å². The minimum atomic E-state index is -2.98. The Morgan fingerprint density at radius 3 is 2.50 bits per heavy atom. The van der Waals surface area contributed by atoms with E-state index in [2.05, 4.69) is 11.9 Å². The van der Waals surface area contributed by atoms with Crippen LogP contribution in [0.3, 0.4) is 0 Å². The summed E-state index contributed by atoms with van der Waals surface area (Å²) >= 11 is 0.971. The van der Waals surface area contributed by atoms with E-state index in [-0.39, 0.29) is 4.88 Å². The number of alkyl halides is 2. The van der Waals surface area contributed by atoms with Gasteiger partial charge in [0.2, 0.25) is 0 Å². The smallest absolute Gasteiger partial charge is 0.249 e. The fourth-order valence-corrected chi connectivity index (χ4v) is 1.21. The van der Waals surface area contributed by atoms with Crippen LogP contribution in [-0.4, -0.2) is 4.98 Å². The molecule has 0 bridgehead atoms. The van der Waals surface area contributed by atoms with Gasteiger partial charge in [-0.1, -0.05) is 0 Å². The Hall–Kier alpha value is -0.510. The molecule has 0 aliphatic carbocycles. The second-order valence-electron chi connectivity index (χ2n) is 1.95. The van der Waals surface area contributed by atoms with E-state index in [1.54, 1.807) is 6.92 Å². The highest BCUT2D eigenvalue weighted by Crippen LogP contribution is 2.30. The van der Waals surface area contributed by atoms with Gasteiger partial charge in [-0.05, 0) is 6.92 Å². The minimum Gasteiger partial charge on any atom is -0.249 e. The van der Waals surface area contributed by atoms with Gasteiger partial charge >= 0.3 is 0 Å². The number of rotatable bonds is 1. The summed E-state index contributed by atoms with van der Waals surface area (Å²) in [6.45, 7) is 4.37. The van der Waals surface area contributed by atoms with Crippen molar-refractivity contribution in [1.82, 2.24) is 4.98 Å². The summed E-state index contributed by atoms with van der Waals surface area (Å²) in [5.74, 6) is -2.98. The Balaban J connectivity index is 2.96. The van der Waals surface area contributed by atoms with Gasteiger partial charge in [0.05, 0.1) is 9.88 Å². The third-order valence-corrected chi connectivity index (χ3v) is 2.01. The SMILES string of the molecule is [CH2]C(F)(F)c1cnc(C)s1. The molecule has 1 rings (SSSR count). The van der Waals surface area contributed by atoms with Crippen molar-refractivity contribution in [2.75, 3.05) is 0 Å². The number of hydrogen-bond donors (Lipinski definition) is 0. The summed E-state index contributed by atoms with van der Waals surface area (Å²) in [6.07, 6.45) is 1.16. The van der Waals surface area contributed by atoms with Gasteiger partial charge in [0.25, 0.3) is 5.92 Å². The molecule has 0 atom stereocenters. The zero-order valence-electron chi connectivity index (χ0n) is 5.40. The molecule has 0 aliphatic heterocycles. The predicted molar refractivity (Wildman–Crippen MR) is 36.1 cm³/mol. The standard InChI is InChI=1S/C6H6F2NS/c1-4-9-3-5(10-4)6(2,7)8/h3H,2H2,1H3. The van der Waals surface area contributed by atoms with Crippen molar-refractivity contribution >= 4 is 11.3 Å². The van der Waals surface area contributed by atoms with Crippen LogP contribution in [0.1, 0.15) is 9.88 Å². The van der Waals surface area contributed by atoms with Crippen molar-refractivity contribution in [3.8, 4) is 0 Å². The van der Waals surface area contributed by atoms with Crippen molar-refractivity contribution < 1.29 is 8.78 Å². The number of aryl methyl sites for hydroxylation is 1. The first-order chi connectivity index (χ1) is 4.50. The van der Waals surface area contributed by atoms with Crippen LogP contribution in [0.15, 0.2) is 6.20 Å². The van der Waals surface area contributed by atoms with Crippen LogP contribution >= 0.6 is 11.3 Å². The van der Waals surface area contributed by atoms with Gasteiger partial charge in [-0.15, -0.1) is 11.3 Å². The van der Waals surface area contributed by atoms with Crippen LogP contribution < -0.4 is 0 Å². The topological polar surface area (TPSA) is 12.9 Å². The van der Waals surface area contributed by atoms with Crippen LogP contribution in [0.4, 0.5) is 8.78 Å². The summed E-state index contributed by atoms with van der Waals surface area (Å²) in [7, 11) is 0. The Bertz CT molecular complexity index is 226. The molecule has 1 radical (unpaired) electrons. The lowest BCUT2D eigenvalue weighted by Gasteiger charge is -2.03. The summed E-state index contributed by atoms with van der Waals surface area (Å²) in [6, 6.07) is 0. The van der Waals surface area contributed by atoms with Gasteiger partial charge in [0.15, 0.2) is 0 Å². The lowest BCUT2D eigenvalue weighted by atomic mass is 10.3. The molecule has 0 fully saturated rings. The number of thiazole rings is 1. The lowest BCUT2D eigenvalue weighted by Crippen LogP contribution is -2.03. The van der Waals surface area contributed by atoms with Gasteiger partial charge in [-0.2, -0.15) is 0 Å². The van der Waals surface area contributed by atoms with Crippen molar-refractivity contribution in [3.05, 3.63) is 23.0 Å². The van der Waals surface area contributed by atoms with E-state index in [4.69, 9.17) is 0 Å². The van der Waals surface area contributed by atoms with Crippen molar-refractivity contribution in [3.63, 3.8) is 0 Å². The highest BCUT2D eigenvalue weighted by atomic mass is 32.1. The van der Waals surface area contributed by atoms with E-state index in [1.807, 2.05) is 0 Å². The molecule has 4 heteroatoms. The molecule has 1 nitrogen and oxygen atoms in total. The zero-order valence-corrected chi connectivity index (χ0v) is 6.21. The van der Waals surface area contributed by atoms with Crippen LogP contribution in [0.2, 0.25) is 0 Å². The normalized spacial score (nSPS) is 12.0. The minimum absolute atomic E-state index is 0.0787. The Labute approximate surface area is 61.7 Å². The molecule has 1 aromatic heterocycles. The first-order valence-corrected chi connectivity index (χ1v) is 3.48. The Morgan fingerprint density at radius 2 is 2.30 bits per heavy atom. The maximum atomic E-state index is 12.3. The van der Waals surface area contributed by atoms with Crippen LogP contribution in [0.5, 0.6) is 0 Å². The molecule has 55 valence electrons. The van der Waals surface area contributed by atoms with E-state index in [9.17, 15) is 8.78 Å². The molecule has 0 N–H and O–H groups in total. The third-order valence-electron chi connectivity index (χ3n) is 0.982. The maximum absolute atomic E-state index is 12.3. The van der Waals surface area contributed by atoms with E-state index in [0.717, 1.165) is 17.5 Å². The lowest BCUT2D eigenvalue weighted by molar-refractivity contribution is 0.0526. The summed E-state index contributed by atoms with van der Waals surface area (Å²) < 4.78 is 24.7. The second-order valence-corrected chi connectivity index (χ2v) is 3.18. The number of aromatic nitrogens is 1. The average molecular weight is 162 g/mol. The van der Waals surface area contributed by atoms with E-state index in [1.165, 1.54) is 0 Å². The first-order valence-electron chi connectivity index (χ1n) is 2.66. The van der Waals surface area contributed by atoms with Crippen LogP contribution in [0, 0.1) is 13.8 Å². The molecular weight excluding hydrogens is 156 g/mol. The molecule has 0 saturated heterocycles. The van der Waals surface area contributed by atoms with E-state index in [0.29, 0.717) is 5.01 Å². The maximum Gasteiger partial charge on any atom is 0.284 e. The Morgan fingerprint density at radius 1 is 1.70 bits per heavy atom. The summed E-state index contributed by atoms with van der Waals surface area (Å²) in [5, 5.41) is 0.637. The molecule has 0 amide bonds. The highest BCUT2D eigenvalue weighted by molar-refractivity contribution is 7.11. The number of nitrogens with zero attached hydrogens (tertiary/aromatic N) is 1. The second kappa shape index (κ2) is 2.27. The number of hydrogen-bond acceptors (Lipinski definition) is 2. The number of halogens is 2. The van der Waals surface area contributed by atoms with Crippen molar-refractivity contribution in [1.29, 1.82) is 0 Å². The molecule has 10 heavy (non-hydrogen) atoms. The zero-order chi connectivity index (χ0) is 7.78. The average Bonchev–Trinajstić information content (AvgIpc) is 2.11. The molecule has 0 unspecified atom stereocenters. The Kier molecular flexibility index (Phi) is 1.72. The van der Waals surface area contributed by atoms with Crippen molar-refractivity contribution in [2.45, 2.75) is 12.8 Å². The molecule has 1 aromatic rings. The molecule has 0 aliphatic rings. The molecule has 0 spiro atoms. The summed E-state index contributed by atoms with van der Waals surface area (Å²) in [4.78, 5) is 3.60. The van der Waals surface area contributed by atoms with E-state index < -0.39 is 5.92 Å². The fourth-order valence-electron chi connectivity index (χ4n) is 0.530. The predicted octanol–water partition coefficient (Wildman–Crippen LogP) is 2.38. The quantitative estimate of drug-likeness (QED) is 0.617. The fraction of sp³-hybridized carbons (Fsp3) is 0.333. The van der Waals surface area contributed by atoms with Crippen LogP contribution in [-0.2, 0) is 5.92 Å². The van der Waals surface area contributed by atoms with Gasteiger partial charge in [0.1, 0.15) is 0 Å². The molecule has 0 saturated carbocycles. The van der Waals surface area contributed by atoms with Gasteiger partial charge in [-0.25, -0.2) is 13.8 Å². The summed E-state index contributed by atoms with van der Waals surface area (Å²) in [5.41, 5.74) is 0. The highest BCUT2D eigenvalue weighted by Gasteiger charge is 2.26. The van der Waals surface area contributed by atoms with Crippen molar-refractivity contribution in [2.24, 2.45) is 0 Å². The molecule has 0 aromatic carbocycles. The first kappa shape index (κ1) is 7.60. The van der Waals surface area contributed by atoms with Crippen LogP contribution in [0.25, 0.3) is 0 Å². The molecule has 1 heterocycles. The van der Waals surface area contributed by atoms with Gasteiger partial charge < -0.3 is 0 Å². The monoisotopic (exact) mass is 162 g/mol. The largest absolute Gasteiger partial charge is 0.284 e. The van der Waals surface area contributed by atoms with Gasteiger partial charge in [0, 0.05) is 13.1 Å². The molecular formula is C6H6F2NS. The van der Waals surface area contributed by atoms with E-state index >= 15 is 0 Å². The third kappa shape index (κ3) is 1.50.